The van der Waals surface area contributed by atoms with Gasteiger partial charge < -0.3 is 26.4 Å². The average Bonchev–Trinajstić information content (AvgIpc) is 3.17. The molecule has 0 bridgehead atoms. The molecule has 28 heavy (non-hydrogen) atoms. The zero-order chi connectivity index (χ0) is 20.2. The first kappa shape index (κ1) is 21.7. The van der Waals surface area contributed by atoms with Crippen LogP contribution >= 0.6 is 11.3 Å². The zero-order valence-corrected chi connectivity index (χ0v) is 16.9. The van der Waals surface area contributed by atoms with Gasteiger partial charge in [-0.15, -0.1) is 11.3 Å². The molecule has 5 N–H and O–H groups in total. The summed E-state index contributed by atoms with van der Waals surface area (Å²) < 4.78 is 5.44. The Kier molecular flexibility index (Phi) is 9.30. The molecule has 3 amide bonds. The van der Waals surface area contributed by atoms with Crippen LogP contribution in [0.25, 0.3) is 0 Å². The van der Waals surface area contributed by atoms with Gasteiger partial charge in [0.1, 0.15) is 0 Å². The van der Waals surface area contributed by atoms with Gasteiger partial charge in [0.25, 0.3) is 5.91 Å². The molecule has 1 heterocycles. The number of urea groups is 1. The number of nitrogens with two attached hydrogens (primary N) is 1. The minimum absolute atomic E-state index is 0.221. The topological polar surface area (TPSA) is 105 Å². The third-order valence-electron chi connectivity index (χ3n) is 3.91. The maximum atomic E-state index is 12.3. The number of carbonyl (C=O) groups excluding carboxylic acids is 2. The number of nitrogen functional groups attached to an aromatic ring is 1. The van der Waals surface area contributed by atoms with E-state index in [1.807, 2.05) is 18.2 Å². The van der Waals surface area contributed by atoms with E-state index in [2.05, 4.69) is 22.9 Å². The van der Waals surface area contributed by atoms with Crippen molar-refractivity contribution in [3.63, 3.8) is 0 Å². The van der Waals surface area contributed by atoms with Crippen molar-refractivity contribution in [1.29, 1.82) is 0 Å². The van der Waals surface area contributed by atoms with Crippen molar-refractivity contribution in [3.8, 4) is 0 Å². The second kappa shape index (κ2) is 12.0. The predicted octanol–water partition coefficient (Wildman–Crippen LogP) is 3.59. The number of benzene rings is 1. The number of carbonyl (C=O) groups is 2. The second-order valence-electron chi connectivity index (χ2n) is 6.24. The standard InChI is InChI=1S/C20H28N4O3S/c1-2-3-12-27-13-6-11-22-20(26)23-14-15-9-10-18(28-15)19(25)24-17-8-5-4-7-16(17)21/h4-5,7-10H,2-3,6,11-14,21H2,1H3,(H,24,25)(H2,22,23,26). The minimum atomic E-state index is -0.231. The van der Waals surface area contributed by atoms with Crippen LogP contribution in [0.1, 0.15) is 40.7 Å². The van der Waals surface area contributed by atoms with Gasteiger partial charge in [-0.25, -0.2) is 4.79 Å². The third kappa shape index (κ3) is 7.58. The fraction of sp³-hybridized carbons (Fsp3) is 0.400. The number of ether oxygens (including phenoxy) is 1. The van der Waals surface area contributed by atoms with Crippen LogP contribution in [0.3, 0.4) is 0 Å². The minimum Gasteiger partial charge on any atom is -0.397 e. The van der Waals surface area contributed by atoms with Gasteiger partial charge in [-0.05, 0) is 37.1 Å². The molecule has 0 aliphatic carbocycles. The highest BCUT2D eigenvalue weighted by Gasteiger charge is 2.11. The van der Waals surface area contributed by atoms with Gasteiger partial charge in [0, 0.05) is 24.6 Å². The second-order valence-corrected chi connectivity index (χ2v) is 7.40. The lowest BCUT2D eigenvalue weighted by Crippen LogP contribution is -2.35. The van der Waals surface area contributed by atoms with Crippen LogP contribution in [0.2, 0.25) is 0 Å². The van der Waals surface area contributed by atoms with Gasteiger partial charge in [0.15, 0.2) is 0 Å². The van der Waals surface area contributed by atoms with E-state index < -0.39 is 0 Å². The third-order valence-corrected chi connectivity index (χ3v) is 4.99. The van der Waals surface area contributed by atoms with Crippen molar-refractivity contribution in [2.24, 2.45) is 0 Å². The number of thiophene rings is 1. The summed E-state index contributed by atoms with van der Waals surface area (Å²) in [6, 6.07) is 10.4. The smallest absolute Gasteiger partial charge is 0.315 e. The molecule has 0 aliphatic rings. The molecule has 0 spiro atoms. The van der Waals surface area contributed by atoms with Gasteiger partial charge >= 0.3 is 6.03 Å². The molecule has 8 heteroatoms. The largest absolute Gasteiger partial charge is 0.397 e. The predicted molar refractivity (Wildman–Crippen MR) is 114 cm³/mol. The highest BCUT2D eigenvalue weighted by atomic mass is 32.1. The maximum Gasteiger partial charge on any atom is 0.315 e. The van der Waals surface area contributed by atoms with E-state index in [0.29, 0.717) is 35.9 Å². The van der Waals surface area contributed by atoms with Gasteiger partial charge in [0.05, 0.1) is 22.8 Å². The number of hydrogen-bond donors (Lipinski definition) is 4. The lowest BCUT2D eigenvalue weighted by molar-refractivity contribution is 0.103. The number of amides is 3. The van der Waals surface area contributed by atoms with E-state index in [1.54, 1.807) is 18.2 Å². The number of rotatable bonds is 11. The van der Waals surface area contributed by atoms with Crippen LogP contribution in [0.4, 0.5) is 16.2 Å². The van der Waals surface area contributed by atoms with Crippen molar-refractivity contribution in [2.75, 3.05) is 30.8 Å². The Morgan fingerprint density at radius 3 is 2.64 bits per heavy atom. The van der Waals surface area contributed by atoms with E-state index in [0.717, 1.165) is 30.7 Å². The zero-order valence-electron chi connectivity index (χ0n) is 16.1. The SMILES string of the molecule is CCCCOCCCNC(=O)NCc1ccc(C(=O)Nc2ccccc2N)s1. The van der Waals surface area contributed by atoms with Crippen LogP contribution in [-0.4, -0.2) is 31.7 Å². The highest BCUT2D eigenvalue weighted by molar-refractivity contribution is 7.14. The molecule has 0 saturated heterocycles. The summed E-state index contributed by atoms with van der Waals surface area (Å²) in [5.74, 6) is -0.221. The first-order valence-corrected chi connectivity index (χ1v) is 10.3. The maximum absolute atomic E-state index is 12.3. The van der Waals surface area contributed by atoms with E-state index in [1.165, 1.54) is 11.3 Å². The van der Waals surface area contributed by atoms with Crippen molar-refractivity contribution in [1.82, 2.24) is 10.6 Å². The highest BCUT2D eigenvalue weighted by Crippen LogP contribution is 2.21. The first-order valence-electron chi connectivity index (χ1n) is 9.44. The first-order chi connectivity index (χ1) is 13.6. The van der Waals surface area contributed by atoms with E-state index in [-0.39, 0.29) is 11.9 Å². The summed E-state index contributed by atoms with van der Waals surface area (Å²) in [6.07, 6.45) is 2.96. The Morgan fingerprint density at radius 2 is 1.86 bits per heavy atom. The number of unbranched alkanes of at least 4 members (excludes halogenated alkanes) is 1. The van der Waals surface area contributed by atoms with E-state index >= 15 is 0 Å². The van der Waals surface area contributed by atoms with E-state index in [4.69, 9.17) is 10.5 Å². The fourth-order valence-electron chi connectivity index (χ4n) is 2.34. The Morgan fingerprint density at radius 1 is 1.07 bits per heavy atom. The molecular weight excluding hydrogens is 376 g/mol. The summed E-state index contributed by atoms with van der Waals surface area (Å²) in [4.78, 5) is 25.6. The summed E-state index contributed by atoms with van der Waals surface area (Å²) >= 11 is 1.33. The van der Waals surface area contributed by atoms with Crippen molar-refractivity contribution >= 4 is 34.6 Å². The fourth-order valence-corrected chi connectivity index (χ4v) is 3.19. The number of anilines is 2. The van der Waals surface area contributed by atoms with E-state index in [9.17, 15) is 9.59 Å². The molecule has 1 aromatic carbocycles. The summed E-state index contributed by atoms with van der Waals surface area (Å²) in [5, 5.41) is 8.37. The van der Waals surface area contributed by atoms with Gasteiger partial charge in [-0.2, -0.15) is 0 Å². The van der Waals surface area contributed by atoms with Crippen LogP contribution < -0.4 is 21.7 Å². The number of para-hydroxylation sites is 2. The Balaban J connectivity index is 1.67. The quantitative estimate of drug-likeness (QED) is 0.339. The summed E-state index contributed by atoms with van der Waals surface area (Å²) in [5.41, 5.74) is 6.94. The lowest BCUT2D eigenvalue weighted by atomic mass is 10.2. The van der Waals surface area contributed by atoms with Crippen molar-refractivity contribution < 1.29 is 14.3 Å². The molecule has 2 rings (SSSR count). The molecule has 0 atom stereocenters. The number of nitrogens with one attached hydrogen (secondary N) is 3. The lowest BCUT2D eigenvalue weighted by Gasteiger charge is -2.07. The molecule has 7 nitrogen and oxygen atoms in total. The Bertz CT molecular complexity index is 763. The molecule has 0 aliphatic heterocycles. The summed E-state index contributed by atoms with van der Waals surface area (Å²) in [6.45, 7) is 4.47. The monoisotopic (exact) mass is 404 g/mol. The molecule has 2 aromatic rings. The van der Waals surface area contributed by atoms with Crippen molar-refractivity contribution in [3.05, 3.63) is 46.2 Å². The van der Waals surface area contributed by atoms with Crippen LogP contribution in [0.15, 0.2) is 36.4 Å². The van der Waals surface area contributed by atoms with Crippen molar-refractivity contribution in [2.45, 2.75) is 32.7 Å². The van der Waals surface area contributed by atoms with Gasteiger partial charge in [-0.1, -0.05) is 25.5 Å². The molecule has 0 radical (unpaired) electrons. The Hall–Kier alpha value is -2.58. The van der Waals surface area contributed by atoms with Crippen LogP contribution in [-0.2, 0) is 11.3 Å². The molecule has 152 valence electrons. The molecule has 1 aromatic heterocycles. The summed E-state index contributed by atoms with van der Waals surface area (Å²) in [7, 11) is 0. The Labute approximate surface area is 169 Å². The molecule has 0 fully saturated rings. The number of hydrogen-bond acceptors (Lipinski definition) is 5. The van der Waals surface area contributed by atoms with Crippen LogP contribution in [0, 0.1) is 0 Å². The average molecular weight is 405 g/mol. The molecule has 0 saturated carbocycles. The molecular formula is C20H28N4O3S. The van der Waals surface area contributed by atoms with Gasteiger partial charge in [-0.3, -0.25) is 4.79 Å². The van der Waals surface area contributed by atoms with Crippen LogP contribution in [0.5, 0.6) is 0 Å². The van der Waals surface area contributed by atoms with Gasteiger partial charge in [0.2, 0.25) is 0 Å². The molecule has 0 unspecified atom stereocenters. The normalized spacial score (nSPS) is 10.5.